The quantitative estimate of drug-likeness (QED) is 0.745. The van der Waals surface area contributed by atoms with Crippen molar-refractivity contribution in [3.63, 3.8) is 0 Å². The van der Waals surface area contributed by atoms with Crippen LogP contribution in [0.3, 0.4) is 0 Å². The molecule has 22 heavy (non-hydrogen) atoms. The molecule has 0 bridgehead atoms. The molecule has 1 aliphatic heterocycles. The maximum Gasteiger partial charge on any atom is 0.0665 e. The summed E-state index contributed by atoms with van der Waals surface area (Å²) < 4.78 is 0. The smallest absolute Gasteiger partial charge is 0.0665 e. The van der Waals surface area contributed by atoms with Gasteiger partial charge in [-0.1, -0.05) is 40.0 Å². The number of nitrogens with one attached hydrogen (secondary N) is 2. The molecule has 0 radical (unpaired) electrons. The van der Waals surface area contributed by atoms with Crippen LogP contribution in [0.2, 0.25) is 0 Å². The highest BCUT2D eigenvalue weighted by Crippen LogP contribution is 2.38. The molecule has 1 saturated carbocycles. The number of aliphatic hydroxyl groups excluding tert-OH is 1. The molecule has 2 rings (SSSR count). The fraction of sp³-hybridized carbons (Fsp3) is 1.00. The zero-order valence-corrected chi connectivity index (χ0v) is 15.4. The molecule has 1 heterocycles. The first-order valence-corrected chi connectivity index (χ1v) is 9.49. The third-order valence-corrected chi connectivity index (χ3v) is 6.00. The van der Waals surface area contributed by atoms with Gasteiger partial charge in [-0.3, -0.25) is 0 Å². The Morgan fingerprint density at radius 1 is 0.955 bits per heavy atom. The Kier molecular flexibility index (Phi) is 6.32. The van der Waals surface area contributed by atoms with E-state index in [1.807, 2.05) is 6.92 Å². The van der Waals surface area contributed by atoms with Crippen molar-refractivity contribution in [1.29, 1.82) is 0 Å². The number of hydrogen-bond donors (Lipinski definition) is 3. The van der Waals surface area contributed by atoms with Crippen LogP contribution in [-0.2, 0) is 0 Å². The van der Waals surface area contributed by atoms with E-state index in [2.05, 4.69) is 38.3 Å². The van der Waals surface area contributed by atoms with Crippen LogP contribution in [0.5, 0.6) is 0 Å². The first-order valence-electron chi connectivity index (χ1n) is 9.49. The van der Waals surface area contributed by atoms with Gasteiger partial charge < -0.3 is 15.7 Å². The molecule has 3 N–H and O–H groups in total. The molecule has 0 aromatic rings. The monoisotopic (exact) mass is 310 g/mol. The SMILES string of the molecule is CC(O)C1CCCC(C(C)NC2CCCCC2C(C)(C)C)N1. The number of piperidine rings is 1. The van der Waals surface area contributed by atoms with Gasteiger partial charge in [0.25, 0.3) is 0 Å². The van der Waals surface area contributed by atoms with Crippen LogP contribution in [0.25, 0.3) is 0 Å². The molecule has 3 heteroatoms. The Bertz CT molecular complexity index is 337. The van der Waals surface area contributed by atoms with Crippen LogP contribution in [0.4, 0.5) is 0 Å². The lowest BCUT2D eigenvalue weighted by atomic mass is 9.69. The summed E-state index contributed by atoms with van der Waals surface area (Å²) in [6.45, 7) is 11.4. The fourth-order valence-electron chi connectivity index (χ4n) is 4.59. The van der Waals surface area contributed by atoms with Gasteiger partial charge in [0.2, 0.25) is 0 Å². The van der Waals surface area contributed by atoms with Gasteiger partial charge in [-0.25, -0.2) is 0 Å². The molecule has 6 atom stereocenters. The summed E-state index contributed by atoms with van der Waals surface area (Å²) in [5.74, 6) is 0.778. The number of aliphatic hydroxyl groups is 1. The average Bonchev–Trinajstić information content (AvgIpc) is 2.46. The van der Waals surface area contributed by atoms with Gasteiger partial charge >= 0.3 is 0 Å². The normalized spacial score (nSPS) is 36.8. The molecule has 3 nitrogen and oxygen atoms in total. The second kappa shape index (κ2) is 7.63. The Morgan fingerprint density at radius 3 is 2.23 bits per heavy atom. The van der Waals surface area contributed by atoms with Crippen LogP contribution in [0, 0.1) is 11.3 Å². The average molecular weight is 311 g/mol. The second-order valence-electron chi connectivity index (χ2n) is 8.87. The van der Waals surface area contributed by atoms with Crippen molar-refractivity contribution in [2.75, 3.05) is 0 Å². The van der Waals surface area contributed by atoms with E-state index >= 15 is 0 Å². The number of hydrogen-bond acceptors (Lipinski definition) is 3. The Balaban J connectivity index is 1.93. The summed E-state index contributed by atoms with van der Waals surface area (Å²) in [4.78, 5) is 0. The zero-order chi connectivity index (χ0) is 16.3. The van der Waals surface area contributed by atoms with Gasteiger partial charge in [-0.2, -0.15) is 0 Å². The van der Waals surface area contributed by atoms with Crippen molar-refractivity contribution < 1.29 is 5.11 Å². The summed E-state index contributed by atoms with van der Waals surface area (Å²) >= 11 is 0. The van der Waals surface area contributed by atoms with Gasteiger partial charge in [0.1, 0.15) is 0 Å². The lowest BCUT2D eigenvalue weighted by Gasteiger charge is -2.44. The van der Waals surface area contributed by atoms with E-state index < -0.39 is 0 Å². The molecule has 0 amide bonds. The first-order chi connectivity index (χ1) is 10.3. The largest absolute Gasteiger partial charge is 0.392 e. The molecule has 0 aromatic heterocycles. The van der Waals surface area contributed by atoms with Crippen LogP contribution in [-0.4, -0.2) is 35.4 Å². The van der Waals surface area contributed by atoms with Crippen molar-refractivity contribution >= 4 is 0 Å². The van der Waals surface area contributed by atoms with Crippen molar-refractivity contribution in [2.45, 2.75) is 110 Å². The molecule has 0 aromatic carbocycles. The van der Waals surface area contributed by atoms with E-state index in [-0.39, 0.29) is 12.1 Å². The molecule has 1 aliphatic carbocycles. The molecule has 0 spiro atoms. The van der Waals surface area contributed by atoms with Gasteiger partial charge in [0, 0.05) is 24.2 Å². The molecule has 6 unspecified atom stereocenters. The van der Waals surface area contributed by atoms with Crippen molar-refractivity contribution in [1.82, 2.24) is 10.6 Å². The van der Waals surface area contributed by atoms with Crippen molar-refractivity contribution in [3.05, 3.63) is 0 Å². The first kappa shape index (κ1) is 18.2. The minimum absolute atomic E-state index is 0.244. The lowest BCUT2D eigenvalue weighted by Crippen LogP contribution is -2.58. The molecule has 1 saturated heterocycles. The molecular weight excluding hydrogens is 272 g/mol. The summed E-state index contributed by atoms with van der Waals surface area (Å²) in [5.41, 5.74) is 0.389. The summed E-state index contributed by atoms with van der Waals surface area (Å²) in [5, 5.41) is 17.5. The van der Waals surface area contributed by atoms with Crippen molar-refractivity contribution in [3.8, 4) is 0 Å². The molecule has 130 valence electrons. The van der Waals surface area contributed by atoms with E-state index in [0.717, 1.165) is 12.3 Å². The van der Waals surface area contributed by atoms with Crippen LogP contribution in [0.15, 0.2) is 0 Å². The Morgan fingerprint density at radius 2 is 1.59 bits per heavy atom. The number of rotatable bonds is 4. The second-order valence-corrected chi connectivity index (χ2v) is 8.87. The summed E-state index contributed by atoms with van der Waals surface area (Å²) in [7, 11) is 0. The van der Waals surface area contributed by atoms with Gasteiger partial charge in [0.15, 0.2) is 0 Å². The topological polar surface area (TPSA) is 44.3 Å². The lowest BCUT2D eigenvalue weighted by molar-refractivity contribution is 0.0944. The van der Waals surface area contributed by atoms with E-state index in [4.69, 9.17) is 0 Å². The highest BCUT2D eigenvalue weighted by atomic mass is 16.3. The maximum atomic E-state index is 9.86. The van der Waals surface area contributed by atoms with Gasteiger partial charge in [0.05, 0.1) is 6.10 Å². The van der Waals surface area contributed by atoms with Gasteiger partial charge in [-0.05, 0) is 50.9 Å². The standard InChI is InChI=1S/C19H38N2O/c1-13(16-11-8-12-17(21-16)14(2)22)20-18-10-7-6-9-15(18)19(3,4)5/h13-18,20-22H,6-12H2,1-5H3. The third kappa shape index (κ3) is 4.69. The Hall–Kier alpha value is -0.120. The summed E-state index contributed by atoms with van der Waals surface area (Å²) in [6.07, 6.45) is 8.76. The van der Waals surface area contributed by atoms with E-state index in [1.54, 1.807) is 0 Å². The van der Waals surface area contributed by atoms with Crippen LogP contribution in [0.1, 0.15) is 79.6 Å². The minimum Gasteiger partial charge on any atom is -0.392 e. The molecule has 2 aliphatic rings. The molecular formula is C19H38N2O. The fourth-order valence-corrected chi connectivity index (χ4v) is 4.59. The highest BCUT2D eigenvalue weighted by Gasteiger charge is 2.36. The maximum absolute atomic E-state index is 9.86. The predicted molar refractivity (Wildman–Crippen MR) is 94.0 cm³/mol. The van der Waals surface area contributed by atoms with Crippen LogP contribution >= 0.6 is 0 Å². The predicted octanol–water partition coefficient (Wildman–Crippen LogP) is 3.46. The summed E-state index contributed by atoms with van der Waals surface area (Å²) in [6, 6.07) is 1.90. The van der Waals surface area contributed by atoms with E-state index in [9.17, 15) is 5.11 Å². The Labute approximate surface area is 137 Å². The zero-order valence-electron chi connectivity index (χ0n) is 15.4. The van der Waals surface area contributed by atoms with E-state index in [0.29, 0.717) is 23.5 Å². The van der Waals surface area contributed by atoms with E-state index in [1.165, 1.54) is 38.5 Å². The van der Waals surface area contributed by atoms with Gasteiger partial charge in [-0.15, -0.1) is 0 Å². The van der Waals surface area contributed by atoms with Crippen molar-refractivity contribution in [2.24, 2.45) is 11.3 Å². The highest BCUT2D eigenvalue weighted by molar-refractivity contribution is 4.94. The minimum atomic E-state index is -0.244. The third-order valence-electron chi connectivity index (χ3n) is 6.00. The van der Waals surface area contributed by atoms with Crippen LogP contribution < -0.4 is 10.6 Å². The molecule has 2 fully saturated rings.